The van der Waals surface area contributed by atoms with Crippen LogP contribution in [0.2, 0.25) is 0 Å². The minimum absolute atomic E-state index is 0.281. The SMILES string of the molecule is CO[C@H]1OC[C@@H](OS(C)(=O)=O)[C@H](O)[C@H]1OS(C)(=O)=O. The standard InChI is InChI=1S/C8H16O9S2/c1-14-8-7(17-19(3,12)13)6(9)5(4-15-8)16-18(2,10)11/h5-9H,4H2,1-3H3/t5-,6+,7-,8+/m1/s1. The summed E-state index contributed by atoms with van der Waals surface area (Å²) in [5.74, 6) is 0. The van der Waals surface area contributed by atoms with Gasteiger partial charge in [-0.2, -0.15) is 16.8 Å². The maximum atomic E-state index is 11.1. The van der Waals surface area contributed by atoms with Crippen LogP contribution in [0.3, 0.4) is 0 Å². The van der Waals surface area contributed by atoms with Crippen molar-refractivity contribution in [1.82, 2.24) is 0 Å². The highest BCUT2D eigenvalue weighted by molar-refractivity contribution is 7.86. The Morgan fingerprint density at radius 1 is 1.11 bits per heavy atom. The number of hydrogen-bond acceptors (Lipinski definition) is 9. The van der Waals surface area contributed by atoms with E-state index in [0.717, 1.165) is 12.5 Å². The maximum absolute atomic E-state index is 11.1. The lowest BCUT2D eigenvalue weighted by Crippen LogP contribution is -2.56. The summed E-state index contributed by atoms with van der Waals surface area (Å²) in [6, 6.07) is 0. The van der Waals surface area contributed by atoms with E-state index in [1.54, 1.807) is 0 Å². The molecule has 19 heavy (non-hydrogen) atoms. The third-order valence-corrected chi connectivity index (χ3v) is 3.40. The minimum atomic E-state index is -3.89. The van der Waals surface area contributed by atoms with Crippen LogP contribution in [0.1, 0.15) is 0 Å². The highest BCUT2D eigenvalue weighted by Crippen LogP contribution is 2.23. The lowest BCUT2D eigenvalue weighted by molar-refractivity contribution is -0.249. The van der Waals surface area contributed by atoms with Crippen molar-refractivity contribution in [2.24, 2.45) is 0 Å². The summed E-state index contributed by atoms with van der Waals surface area (Å²) < 4.78 is 63.3. The number of hydrogen-bond donors (Lipinski definition) is 1. The molecule has 0 amide bonds. The fourth-order valence-electron chi connectivity index (χ4n) is 1.57. The Morgan fingerprint density at radius 3 is 2.05 bits per heavy atom. The molecule has 0 unspecified atom stereocenters. The van der Waals surface area contributed by atoms with Crippen LogP contribution in [0, 0.1) is 0 Å². The molecular formula is C8H16O9S2. The smallest absolute Gasteiger partial charge is 0.264 e. The molecule has 1 aliphatic rings. The van der Waals surface area contributed by atoms with E-state index in [2.05, 4.69) is 8.37 Å². The lowest BCUT2D eigenvalue weighted by Gasteiger charge is -2.37. The fraction of sp³-hybridized carbons (Fsp3) is 1.00. The summed E-state index contributed by atoms with van der Waals surface area (Å²) in [7, 11) is -6.50. The van der Waals surface area contributed by atoms with Gasteiger partial charge in [-0.15, -0.1) is 0 Å². The van der Waals surface area contributed by atoms with Crippen molar-refractivity contribution < 1.29 is 39.8 Å². The summed E-state index contributed by atoms with van der Waals surface area (Å²) in [6.07, 6.45) is -3.79. The second-order valence-electron chi connectivity index (χ2n) is 4.03. The Bertz CT molecular complexity index is 496. The van der Waals surface area contributed by atoms with Crippen LogP contribution in [0.5, 0.6) is 0 Å². The van der Waals surface area contributed by atoms with E-state index in [4.69, 9.17) is 9.47 Å². The average molecular weight is 320 g/mol. The molecule has 1 N–H and O–H groups in total. The Hall–Kier alpha value is -0.300. The molecule has 0 aromatic rings. The van der Waals surface area contributed by atoms with E-state index < -0.39 is 44.8 Å². The van der Waals surface area contributed by atoms with Crippen LogP contribution >= 0.6 is 0 Å². The number of aliphatic hydroxyl groups is 1. The minimum Gasteiger partial charge on any atom is -0.387 e. The van der Waals surface area contributed by atoms with Crippen LogP contribution in [0.4, 0.5) is 0 Å². The van der Waals surface area contributed by atoms with Crippen molar-refractivity contribution in [3.63, 3.8) is 0 Å². The van der Waals surface area contributed by atoms with Gasteiger partial charge in [0.15, 0.2) is 12.4 Å². The van der Waals surface area contributed by atoms with E-state index in [9.17, 15) is 21.9 Å². The molecule has 1 rings (SSSR count). The van der Waals surface area contributed by atoms with Crippen molar-refractivity contribution >= 4 is 20.2 Å². The quantitative estimate of drug-likeness (QED) is 0.574. The van der Waals surface area contributed by atoms with Gasteiger partial charge in [-0.3, -0.25) is 8.37 Å². The van der Waals surface area contributed by atoms with Gasteiger partial charge in [0, 0.05) is 7.11 Å². The predicted octanol–water partition coefficient (Wildman–Crippen LogP) is -1.96. The molecule has 0 saturated carbocycles. The Labute approximate surface area is 111 Å². The first kappa shape index (κ1) is 16.8. The van der Waals surface area contributed by atoms with E-state index in [1.165, 1.54) is 7.11 Å². The topological polar surface area (TPSA) is 125 Å². The van der Waals surface area contributed by atoms with Crippen molar-refractivity contribution in [3.8, 4) is 0 Å². The average Bonchev–Trinajstić information content (AvgIpc) is 2.21. The van der Waals surface area contributed by atoms with Crippen LogP contribution in [0.15, 0.2) is 0 Å². The monoisotopic (exact) mass is 320 g/mol. The first-order chi connectivity index (χ1) is 8.53. The van der Waals surface area contributed by atoms with Crippen molar-refractivity contribution in [1.29, 1.82) is 0 Å². The highest BCUT2D eigenvalue weighted by atomic mass is 32.2. The van der Waals surface area contributed by atoms with Crippen molar-refractivity contribution in [3.05, 3.63) is 0 Å². The zero-order valence-corrected chi connectivity index (χ0v) is 12.2. The first-order valence-electron chi connectivity index (χ1n) is 5.12. The summed E-state index contributed by atoms with van der Waals surface area (Å²) in [6.45, 7) is -0.281. The second kappa shape index (κ2) is 5.99. The van der Waals surface area contributed by atoms with Gasteiger partial charge in [0.2, 0.25) is 0 Å². The van der Waals surface area contributed by atoms with Gasteiger partial charge in [0.1, 0.15) is 12.2 Å². The van der Waals surface area contributed by atoms with Crippen LogP contribution < -0.4 is 0 Å². The Morgan fingerprint density at radius 2 is 1.63 bits per heavy atom. The largest absolute Gasteiger partial charge is 0.387 e. The molecule has 9 nitrogen and oxygen atoms in total. The maximum Gasteiger partial charge on any atom is 0.264 e. The molecule has 0 aliphatic carbocycles. The molecule has 4 atom stereocenters. The first-order valence-corrected chi connectivity index (χ1v) is 8.76. The van der Waals surface area contributed by atoms with Gasteiger partial charge in [0.25, 0.3) is 20.2 Å². The number of rotatable bonds is 5. The summed E-state index contributed by atoms with van der Waals surface area (Å²) in [5.41, 5.74) is 0. The second-order valence-corrected chi connectivity index (χ2v) is 7.23. The Kier molecular flexibility index (Phi) is 5.28. The van der Waals surface area contributed by atoms with E-state index in [1.807, 2.05) is 0 Å². The van der Waals surface area contributed by atoms with E-state index >= 15 is 0 Å². The molecule has 1 heterocycles. The molecule has 0 radical (unpaired) electrons. The molecule has 11 heteroatoms. The molecule has 0 spiro atoms. The van der Waals surface area contributed by atoms with Crippen molar-refractivity contribution in [2.45, 2.75) is 24.6 Å². The molecule has 0 aromatic carbocycles. The molecular weight excluding hydrogens is 304 g/mol. The number of methoxy groups -OCH3 is 1. The molecule has 1 aliphatic heterocycles. The number of aliphatic hydroxyl groups excluding tert-OH is 1. The van der Waals surface area contributed by atoms with Gasteiger partial charge >= 0.3 is 0 Å². The predicted molar refractivity (Wildman–Crippen MR) is 62.2 cm³/mol. The fourth-order valence-corrected chi connectivity index (χ4v) is 2.80. The third-order valence-electron chi connectivity index (χ3n) is 2.23. The van der Waals surface area contributed by atoms with E-state index in [-0.39, 0.29) is 6.61 Å². The van der Waals surface area contributed by atoms with Gasteiger partial charge < -0.3 is 14.6 Å². The summed E-state index contributed by atoms with van der Waals surface area (Å²) in [4.78, 5) is 0. The van der Waals surface area contributed by atoms with Gasteiger partial charge in [-0.25, -0.2) is 0 Å². The number of ether oxygens (including phenoxy) is 2. The van der Waals surface area contributed by atoms with Gasteiger partial charge in [-0.05, 0) is 0 Å². The summed E-state index contributed by atoms with van der Waals surface area (Å²) in [5, 5.41) is 9.92. The normalized spacial score (nSPS) is 33.3. The summed E-state index contributed by atoms with van der Waals surface area (Å²) >= 11 is 0. The van der Waals surface area contributed by atoms with Crippen LogP contribution in [-0.4, -0.2) is 72.8 Å². The lowest BCUT2D eigenvalue weighted by atomic mass is 10.1. The van der Waals surface area contributed by atoms with Crippen LogP contribution in [-0.2, 0) is 38.1 Å². The molecule has 0 aromatic heterocycles. The zero-order valence-electron chi connectivity index (χ0n) is 10.5. The molecule has 114 valence electrons. The molecule has 0 bridgehead atoms. The molecule has 1 fully saturated rings. The zero-order chi connectivity index (χ0) is 14.8. The van der Waals surface area contributed by atoms with Gasteiger partial charge in [0.05, 0.1) is 19.1 Å². The Balaban J connectivity index is 2.89. The highest BCUT2D eigenvalue weighted by Gasteiger charge is 2.44. The van der Waals surface area contributed by atoms with Gasteiger partial charge in [-0.1, -0.05) is 0 Å². The molecule has 1 saturated heterocycles. The van der Waals surface area contributed by atoms with Crippen molar-refractivity contribution in [2.75, 3.05) is 26.2 Å². The van der Waals surface area contributed by atoms with E-state index in [0.29, 0.717) is 0 Å². The van der Waals surface area contributed by atoms with Crippen LogP contribution in [0.25, 0.3) is 0 Å². The third kappa shape index (κ3) is 5.30.